The molecular weight excluding hydrogens is 777 g/mol. The lowest BCUT2D eigenvalue weighted by Crippen LogP contribution is -1.98. The molecule has 0 aliphatic carbocycles. The molecule has 3 aromatic heterocycles. The van der Waals surface area contributed by atoms with Gasteiger partial charge in [-0.1, -0.05) is 212 Å². The Kier molecular flexibility index (Phi) is 9.12. The van der Waals surface area contributed by atoms with Crippen LogP contribution in [0.15, 0.2) is 231 Å². The zero-order valence-electron chi connectivity index (χ0n) is 34.7. The van der Waals surface area contributed by atoms with Crippen molar-refractivity contribution >= 4 is 43.4 Å². The average Bonchev–Trinajstić information content (AvgIpc) is 3.38. The number of aromatic nitrogens is 4. The van der Waals surface area contributed by atoms with Crippen LogP contribution in [0.5, 0.6) is 0 Å². The van der Waals surface area contributed by atoms with E-state index in [-0.39, 0.29) is 0 Å². The molecule has 64 heavy (non-hydrogen) atoms. The van der Waals surface area contributed by atoms with Crippen LogP contribution in [0.3, 0.4) is 0 Å². The summed E-state index contributed by atoms with van der Waals surface area (Å²) in [5, 5.41) is 6.49. The molecule has 12 rings (SSSR count). The van der Waals surface area contributed by atoms with Gasteiger partial charge in [-0.05, 0) is 62.0 Å². The highest BCUT2D eigenvalue weighted by atomic mass is 14.9. The van der Waals surface area contributed by atoms with Gasteiger partial charge in [0.05, 0.1) is 33.8 Å². The van der Waals surface area contributed by atoms with Crippen molar-refractivity contribution in [2.45, 2.75) is 0 Å². The van der Waals surface area contributed by atoms with E-state index >= 15 is 0 Å². The second-order valence-electron chi connectivity index (χ2n) is 16.2. The molecule has 0 bridgehead atoms. The van der Waals surface area contributed by atoms with E-state index in [1.165, 1.54) is 11.1 Å². The van der Waals surface area contributed by atoms with Crippen LogP contribution in [-0.2, 0) is 0 Å². The Hall–Kier alpha value is -8.60. The SMILES string of the molecule is c1ccc(-c2ccc(-c3cc(-c4c5ccccc5c(-c5ccc6ccc7ccc(-c8ccccc8)nc7c6n5)c5ccccc45)nc(-c4ccc(-c5ccccc5)cc4)n3)cc2)cc1. The first kappa shape index (κ1) is 37.2. The second kappa shape index (κ2) is 15.7. The van der Waals surface area contributed by atoms with Gasteiger partial charge < -0.3 is 0 Å². The zero-order chi connectivity index (χ0) is 42.4. The molecule has 0 amide bonds. The summed E-state index contributed by atoms with van der Waals surface area (Å²) in [6.45, 7) is 0. The average molecular weight is 815 g/mol. The summed E-state index contributed by atoms with van der Waals surface area (Å²) >= 11 is 0. The molecular formula is C60H38N4. The van der Waals surface area contributed by atoms with Crippen molar-refractivity contribution in [1.82, 2.24) is 19.9 Å². The van der Waals surface area contributed by atoms with E-state index in [1.807, 2.05) is 18.2 Å². The third-order valence-corrected chi connectivity index (χ3v) is 12.3. The fourth-order valence-electron chi connectivity index (χ4n) is 9.12. The van der Waals surface area contributed by atoms with Gasteiger partial charge in [0.2, 0.25) is 0 Å². The van der Waals surface area contributed by atoms with Crippen molar-refractivity contribution in [2.75, 3.05) is 0 Å². The molecule has 0 saturated heterocycles. The molecule has 4 heteroatoms. The lowest BCUT2D eigenvalue weighted by atomic mass is 9.88. The summed E-state index contributed by atoms with van der Waals surface area (Å²) < 4.78 is 0. The number of rotatable bonds is 7. The normalized spacial score (nSPS) is 11.4. The predicted octanol–water partition coefficient (Wildman–Crippen LogP) is 15.5. The number of nitrogens with zero attached hydrogens (tertiary/aromatic N) is 4. The van der Waals surface area contributed by atoms with E-state index in [2.05, 4.69) is 212 Å². The molecule has 0 aliphatic heterocycles. The van der Waals surface area contributed by atoms with Gasteiger partial charge in [-0.15, -0.1) is 0 Å². The first-order chi connectivity index (χ1) is 31.7. The largest absolute Gasteiger partial charge is 0.245 e. The van der Waals surface area contributed by atoms with E-state index in [0.29, 0.717) is 5.82 Å². The summed E-state index contributed by atoms with van der Waals surface area (Å²) in [5.74, 6) is 0.668. The first-order valence-corrected chi connectivity index (χ1v) is 21.6. The minimum atomic E-state index is 0.668. The summed E-state index contributed by atoms with van der Waals surface area (Å²) in [4.78, 5) is 21.4. The third-order valence-electron chi connectivity index (χ3n) is 12.3. The Balaban J connectivity index is 1.06. The Morgan fingerprint density at radius 3 is 1.08 bits per heavy atom. The number of fused-ring (bicyclic) bond motifs is 5. The molecule has 0 atom stereocenters. The first-order valence-electron chi connectivity index (χ1n) is 21.6. The summed E-state index contributed by atoms with van der Waals surface area (Å²) in [5.41, 5.74) is 15.1. The van der Waals surface area contributed by atoms with Gasteiger partial charge in [-0.3, -0.25) is 0 Å². The Labute approximate surface area is 370 Å². The van der Waals surface area contributed by atoms with Crippen LogP contribution in [0.25, 0.3) is 122 Å². The highest BCUT2D eigenvalue weighted by Crippen LogP contribution is 2.44. The number of hydrogen-bond acceptors (Lipinski definition) is 4. The monoisotopic (exact) mass is 814 g/mol. The Morgan fingerprint density at radius 2 is 0.562 bits per heavy atom. The zero-order valence-corrected chi connectivity index (χ0v) is 34.7. The maximum atomic E-state index is 5.49. The van der Waals surface area contributed by atoms with Crippen LogP contribution < -0.4 is 0 Å². The topological polar surface area (TPSA) is 51.6 Å². The van der Waals surface area contributed by atoms with Crippen LogP contribution in [0.2, 0.25) is 0 Å². The second-order valence-corrected chi connectivity index (χ2v) is 16.2. The molecule has 0 N–H and O–H groups in total. The fourth-order valence-corrected chi connectivity index (χ4v) is 9.12. The van der Waals surface area contributed by atoms with E-state index in [0.717, 1.165) is 105 Å². The van der Waals surface area contributed by atoms with Crippen molar-refractivity contribution in [2.24, 2.45) is 0 Å². The van der Waals surface area contributed by atoms with Crippen LogP contribution in [-0.4, -0.2) is 19.9 Å². The van der Waals surface area contributed by atoms with E-state index in [9.17, 15) is 0 Å². The van der Waals surface area contributed by atoms with Gasteiger partial charge in [0.25, 0.3) is 0 Å². The van der Waals surface area contributed by atoms with Crippen molar-refractivity contribution < 1.29 is 0 Å². The molecule has 12 aromatic rings. The van der Waals surface area contributed by atoms with E-state index in [4.69, 9.17) is 19.9 Å². The summed E-state index contributed by atoms with van der Waals surface area (Å²) in [6, 6.07) is 80.9. The Bertz CT molecular complexity index is 3520. The molecule has 298 valence electrons. The number of benzene rings is 9. The molecule has 4 nitrogen and oxygen atoms in total. The minimum Gasteiger partial charge on any atom is -0.245 e. The highest BCUT2D eigenvalue weighted by Gasteiger charge is 2.21. The molecule has 3 heterocycles. The number of pyridine rings is 2. The van der Waals surface area contributed by atoms with Gasteiger partial charge >= 0.3 is 0 Å². The van der Waals surface area contributed by atoms with Crippen molar-refractivity contribution in [3.05, 3.63) is 231 Å². The molecule has 0 fully saturated rings. The lowest BCUT2D eigenvalue weighted by Gasteiger charge is -2.18. The maximum absolute atomic E-state index is 5.49. The minimum absolute atomic E-state index is 0.668. The third kappa shape index (κ3) is 6.66. The fraction of sp³-hybridized carbons (Fsp3) is 0. The van der Waals surface area contributed by atoms with Crippen molar-refractivity contribution in [3.63, 3.8) is 0 Å². The summed E-state index contributed by atoms with van der Waals surface area (Å²) in [7, 11) is 0. The summed E-state index contributed by atoms with van der Waals surface area (Å²) in [6.07, 6.45) is 0. The quantitative estimate of drug-likeness (QED) is 0.119. The van der Waals surface area contributed by atoms with Crippen LogP contribution in [0.4, 0.5) is 0 Å². The molecule has 0 radical (unpaired) electrons. The highest BCUT2D eigenvalue weighted by molar-refractivity contribution is 6.21. The lowest BCUT2D eigenvalue weighted by molar-refractivity contribution is 1.19. The standard InChI is InChI=1S/C60H38N4/c1-4-14-39(15-5-1)41-24-28-44(29-25-41)54-38-55(64-60(63-54)47-32-26-42(27-33-47)40-16-6-2-7-17-40)57-50-22-12-10-20-48(50)56(49-21-11-13-23-51(49)57)53-37-35-46-31-30-45-34-36-52(43-18-8-3-9-19-43)61-58(45)59(46)62-53/h1-38H. The van der Waals surface area contributed by atoms with Gasteiger partial charge in [0.1, 0.15) is 0 Å². The van der Waals surface area contributed by atoms with Crippen molar-refractivity contribution in [3.8, 4) is 78.7 Å². The Morgan fingerprint density at radius 1 is 0.219 bits per heavy atom. The van der Waals surface area contributed by atoms with E-state index in [1.54, 1.807) is 0 Å². The molecule has 0 unspecified atom stereocenters. The van der Waals surface area contributed by atoms with Crippen LogP contribution in [0.1, 0.15) is 0 Å². The van der Waals surface area contributed by atoms with Gasteiger partial charge in [0, 0.05) is 38.6 Å². The predicted molar refractivity (Wildman–Crippen MR) is 266 cm³/mol. The van der Waals surface area contributed by atoms with Gasteiger partial charge in [-0.25, -0.2) is 19.9 Å². The molecule has 0 saturated carbocycles. The van der Waals surface area contributed by atoms with Crippen molar-refractivity contribution in [1.29, 1.82) is 0 Å². The molecule has 0 aliphatic rings. The maximum Gasteiger partial charge on any atom is 0.160 e. The van der Waals surface area contributed by atoms with Gasteiger partial charge in [0.15, 0.2) is 5.82 Å². The van der Waals surface area contributed by atoms with Gasteiger partial charge in [-0.2, -0.15) is 0 Å². The molecule has 9 aromatic carbocycles. The van der Waals surface area contributed by atoms with E-state index < -0.39 is 0 Å². The smallest absolute Gasteiger partial charge is 0.160 e. The number of hydrogen-bond donors (Lipinski definition) is 0. The molecule has 0 spiro atoms. The van der Waals surface area contributed by atoms with Crippen LogP contribution in [0, 0.1) is 0 Å². The van der Waals surface area contributed by atoms with Crippen LogP contribution >= 0.6 is 0 Å².